The smallest absolute Gasteiger partial charge is 0.276 e. The minimum atomic E-state index is -4.22. The molecule has 0 spiro atoms. The molecule has 0 aliphatic rings. The number of carbonyl (C=O) groups is 1. The Kier molecular flexibility index (Phi) is 6.17. The van der Waals surface area contributed by atoms with E-state index in [1.807, 2.05) is 23.9 Å². The summed E-state index contributed by atoms with van der Waals surface area (Å²) in [6, 6.07) is 18.5. The van der Waals surface area contributed by atoms with Crippen molar-refractivity contribution in [2.24, 2.45) is 5.10 Å². The van der Waals surface area contributed by atoms with Crippen molar-refractivity contribution in [3.63, 3.8) is 0 Å². The number of benzene rings is 3. The molecule has 4 rings (SSSR count). The molecule has 0 bridgehead atoms. The van der Waals surface area contributed by atoms with Gasteiger partial charge in [0.25, 0.3) is 15.9 Å². The summed E-state index contributed by atoms with van der Waals surface area (Å²) in [5.74, 6) is -1.30. The minimum absolute atomic E-state index is 0.00844. The summed E-state index contributed by atoms with van der Waals surface area (Å²) < 4.78 is 44.3. The van der Waals surface area contributed by atoms with Gasteiger partial charge in [0.2, 0.25) is 5.55 Å². The van der Waals surface area contributed by atoms with E-state index in [1.54, 1.807) is 42.5 Å². The maximum atomic E-state index is 13.4. The average Bonchev–Trinajstić information content (AvgIpc) is 2.80. The van der Waals surface area contributed by atoms with Gasteiger partial charge in [-0.05, 0) is 49.4 Å². The number of halogens is 2. The van der Waals surface area contributed by atoms with E-state index in [-0.39, 0.29) is 21.0 Å². The van der Waals surface area contributed by atoms with Gasteiger partial charge in [-0.3, -0.25) is 4.79 Å². The number of aryl methyl sites for hydroxylation is 1. The fourth-order valence-electron chi connectivity index (χ4n) is 2.95. The summed E-state index contributed by atoms with van der Waals surface area (Å²) in [4.78, 5) is 14.7. The van der Waals surface area contributed by atoms with Crippen LogP contribution in [0.4, 0.5) is 10.1 Å². The molecule has 0 aliphatic heterocycles. The topological polar surface area (TPSA) is 101 Å². The number of hydrogen-bond donors (Lipinski definition) is 2. The van der Waals surface area contributed by atoms with Gasteiger partial charge in [-0.15, -0.1) is 5.10 Å². The Morgan fingerprint density at radius 1 is 1.03 bits per heavy atom. The van der Waals surface area contributed by atoms with Gasteiger partial charge >= 0.3 is 0 Å². The number of amides is 1. The third-order valence-corrected chi connectivity index (χ3v) is 6.17. The van der Waals surface area contributed by atoms with Crippen molar-refractivity contribution in [1.82, 2.24) is 4.83 Å². The zero-order valence-corrected chi connectivity index (χ0v) is 18.7. The second-order valence-corrected chi connectivity index (χ2v) is 9.17. The van der Waals surface area contributed by atoms with Crippen molar-refractivity contribution in [3.05, 3.63) is 100 Å². The van der Waals surface area contributed by atoms with Crippen LogP contribution in [0.5, 0.6) is 0 Å². The van der Waals surface area contributed by atoms with E-state index in [1.165, 1.54) is 0 Å². The van der Waals surface area contributed by atoms with Gasteiger partial charge in [0, 0.05) is 11.1 Å². The predicted octanol–water partition coefficient (Wildman–Crippen LogP) is 4.58. The Hall–Kier alpha value is -3.69. The lowest BCUT2D eigenvalue weighted by Crippen LogP contribution is -2.27. The zero-order valence-electron chi connectivity index (χ0n) is 17.2. The normalized spacial score (nSPS) is 12.0. The molecule has 4 aromatic rings. The molecule has 33 heavy (non-hydrogen) atoms. The van der Waals surface area contributed by atoms with Crippen molar-refractivity contribution in [2.75, 3.05) is 5.32 Å². The van der Waals surface area contributed by atoms with Crippen LogP contribution in [0.2, 0.25) is 5.02 Å². The third kappa shape index (κ3) is 5.05. The molecule has 0 unspecified atom stereocenters. The van der Waals surface area contributed by atoms with E-state index in [0.717, 1.165) is 23.8 Å². The highest BCUT2D eigenvalue weighted by atomic mass is 35.5. The SMILES string of the molecule is Cc1ccc(NC(=O)c2cc3ccccc3o/c2=N\NS(=O)(=O)c2ccc(F)c(Cl)c2)cc1. The van der Waals surface area contributed by atoms with E-state index in [2.05, 4.69) is 10.4 Å². The number of nitrogens with one attached hydrogen (secondary N) is 2. The van der Waals surface area contributed by atoms with Crippen LogP contribution in [0.3, 0.4) is 0 Å². The van der Waals surface area contributed by atoms with Crippen LogP contribution in [0, 0.1) is 12.7 Å². The van der Waals surface area contributed by atoms with Crippen molar-refractivity contribution in [3.8, 4) is 0 Å². The maximum Gasteiger partial charge on any atom is 0.276 e. The summed E-state index contributed by atoms with van der Waals surface area (Å²) in [6.45, 7) is 1.92. The molecule has 1 heterocycles. The Balaban J connectivity index is 1.75. The molecule has 0 aliphatic carbocycles. The summed E-state index contributed by atoms with van der Waals surface area (Å²) in [5.41, 5.74) is 1.72. The van der Waals surface area contributed by atoms with Crippen molar-refractivity contribution < 1.29 is 22.0 Å². The molecule has 1 aromatic heterocycles. The van der Waals surface area contributed by atoms with E-state index in [4.69, 9.17) is 16.0 Å². The summed E-state index contributed by atoms with van der Waals surface area (Å²) in [6.07, 6.45) is 0. The lowest BCUT2D eigenvalue weighted by molar-refractivity contribution is 0.102. The molecule has 10 heteroatoms. The van der Waals surface area contributed by atoms with Crippen LogP contribution in [0.15, 0.2) is 87.2 Å². The van der Waals surface area contributed by atoms with E-state index >= 15 is 0 Å². The average molecular weight is 486 g/mol. The Morgan fingerprint density at radius 2 is 1.76 bits per heavy atom. The van der Waals surface area contributed by atoms with Gasteiger partial charge in [-0.1, -0.05) is 47.5 Å². The second-order valence-electron chi connectivity index (χ2n) is 7.11. The van der Waals surface area contributed by atoms with Crippen LogP contribution < -0.4 is 15.7 Å². The first-order valence-electron chi connectivity index (χ1n) is 9.64. The lowest BCUT2D eigenvalue weighted by atomic mass is 10.1. The van der Waals surface area contributed by atoms with Crippen molar-refractivity contribution in [2.45, 2.75) is 11.8 Å². The molecule has 7 nitrogen and oxygen atoms in total. The molecule has 0 atom stereocenters. The maximum absolute atomic E-state index is 13.4. The highest BCUT2D eigenvalue weighted by molar-refractivity contribution is 7.89. The zero-order chi connectivity index (χ0) is 23.6. The van der Waals surface area contributed by atoms with Crippen LogP contribution >= 0.6 is 11.6 Å². The van der Waals surface area contributed by atoms with Crippen LogP contribution in [0.1, 0.15) is 15.9 Å². The molecule has 0 saturated heterocycles. The van der Waals surface area contributed by atoms with Crippen molar-refractivity contribution in [1.29, 1.82) is 0 Å². The lowest BCUT2D eigenvalue weighted by Gasteiger charge is -2.08. The van der Waals surface area contributed by atoms with Crippen LogP contribution in [0.25, 0.3) is 11.0 Å². The molecule has 0 radical (unpaired) electrons. The van der Waals surface area contributed by atoms with Gasteiger partial charge in [-0.25, -0.2) is 4.39 Å². The molecular weight excluding hydrogens is 469 g/mol. The molecule has 1 amide bonds. The monoisotopic (exact) mass is 485 g/mol. The highest BCUT2D eigenvalue weighted by Crippen LogP contribution is 2.19. The van der Waals surface area contributed by atoms with Gasteiger partial charge in [0.05, 0.1) is 9.92 Å². The quantitative estimate of drug-likeness (QED) is 0.404. The molecule has 3 aromatic carbocycles. The first-order valence-corrected chi connectivity index (χ1v) is 11.5. The highest BCUT2D eigenvalue weighted by Gasteiger charge is 2.17. The van der Waals surface area contributed by atoms with Gasteiger partial charge in [-0.2, -0.15) is 13.2 Å². The fourth-order valence-corrected chi connectivity index (χ4v) is 4.02. The standard InChI is InChI=1S/C23H17ClFN3O4S/c1-14-6-8-16(9-7-14)26-22(29)18-12-15-4-2-3-5-21(15)32-23(18)27-28-33(30,31)17-10-11-20(25)19(24)13-17/h2-13,28H,1H3,(H,26,29)/b27-23-. The Bertz CT molecular complexity index is 1530. The fraction of sp³-hybridized carbons (Fsp3) is 0.0435. The summed E-state index contributed by atoms with van der Waals surface area (Å²) in [7, 11) is -4.22. The number of anilines is 1. The van der Waals surface area contributed by atoms with Crippen LogP contribution in [-0.4, -0.2) is 14.3 Å². The number of fused-ring (bicyclic) bond motifs is 1. The number of carbonyl (C=O) groups excluding carboxylic acids is 1. The summed E-state index contributed by atoms with van der Waals surface area (Å²) >= 11 is 5.69. The number of hydrogen-bond acceptors (Lipinski definition) is 5. The molecule has 0 fully saturated rings. The van der Waals surface area contributed by atoms with E-state index < -0.39 is 21.7 Å². The number of para-hydroxylation sites is 1. The van der Waals surface area contributed by atoms with E-state index in [9.17, 15) is 17.6 Å². The number of sulfonamides is 1. The molecular formula is C23H17ClFN3O4S. The first-order chi connectivity index (χ1) is 15.7. The third-order valence-electron chi connectivity index (χ3n) is 4.68. The van der Waals surface area contributed by atoms with E-state index in [0.29, 0.717) is 16.7 Å². The van der Waals surface area contributed by atoms with Crippen molar-refractivity contribution >= 4 is 44.2 Å². The molecule has 0 saturated carbocycles. The number of nitrogens with zero attached hydrogens (tertiary/aromatic N) is 1. The molecule has 168 valence electrons. The Labute approximate surface area is 193 Å². The Morgan fingerprint density at radius 3 is 2.48 bits per heavy atom. The minimum Gasteiger partial charge on any atom is -0.436 e. The molecule has 2 N–H and O–H groups in total. The van der Waals surface area contributed by atoms with Gasteiger partial charge in [0.1, 0.15) is 17.0 Å². The first kappa shape index (κ1) is 22.5. The summed E-state index contributed by atoms with van der Waals surface area (Å²) in [5, 5.41) is 6.84. The van der Waals surface area contributed by atoms with Gasteiger partial charge in [0.15, 0.2) is 0 Å². The predicted molar refractivity (Wildman–Crippen MR) is 123 cm³/mol. The van der Waals surface area contributed by atoms with Gasteiger partial charge < -0.3 is 9.73 Å². The van der Waals surface area contributed by atoms with Crippen LogP contribution in [-0.2, 0) is 10.0 Å². The largest absolute Gasteiger partial charge is 0.436 e. The number of rotatable bonds is 5. The second kappa shape index (κ2) is 9.05.